The van der Waals surface area contributed by atoms with Crippen molar-refractivity contribution in [2.75, 3.05) is 32.8 Å². The number of hydrogen-bond donors (Lipinski definition) is 2. The minimum atomic E-state index is -0.227. The molecule has 5 heteroatoms. The first kappa shape index (κ1) is 15.6. The van der Waals surface area contributed by atoms with Gasteiger partial charge in [-0.1, -0.05) is 18.2 Å². The topological polar surface area (TPSA) is 57.1 Å². The first-order valence-corrected chi connectivity index (χ1v) is 7.68. The highest BCUT2D eigenvalue weighted by molar-refractivity contribution is 5.80. The lowest BCUT2D eigenvalue weighted by atomic mass is 10.3. The molecule has 2 rings (SSSR count). The van der Waals surface area contributed by atoms with E-state index in [1.54, 1.807) is 0 Å². The number of ether oxygens (including phenoxy) is 1. The lowest BCUT2D eigenvalue weighted by Gasteiger charge is -2.20. The second kappa shape index (κ2) is 8.52. The van der Waals surface area contributed by atoms with Gasteiger partial charge in [-0.3, -0.25) is 4.99 Å². The Balaban J connectivity index is 1.72. The van der Waals surface area contributed by atoms with Gasteiger partial charge in [-0.25, -0.2) is 0 Å². The van der Waals surface area contributed by atoms with E-state index < -0.39 is 0 Å². The van der Waals surface area contributed by atoms with Crippen molar-refractivity contribution < 1.29 is 9.84 Å². The van der Waals surface area contributed by atoms with Gasteiger partial charge in [0.1, 0.15) is 5.75 Å². The third-order valence-electron chi connectivity index (χ3n) is 3.37. The van der Waals surface area contributed by atoms with Gasteiger partial charge in [0, 0.05) is 32.6 Å². The van der Waals surface area contributed by atoms with Crippen LogP contribution < -0.4 is 10.1 Å². The summed E-state index contributed by atoms with van der Waals surface area (Å²) >= 11 is 0. The van der Waals surface area contributed by atoms with Gasteiger partial charge in [-0.15, -0.1) is 0 Å². The molecule has 0 radical (unpaired) electrons. The fourth-order valence-electron chi connectivity index (χ4n) is 2.32. The molecule has 1 aromatic carbocycles. The van der Waals surface area contributed by atoms with Crippen LogP contribution in [0.15, 0.2) is 35.3 Å². The summed E-state index contributed by atoms with van der Waals surface area (Å²) in [4.78, 5) is 6.72. The van der Waals surface area contributed by atoms with Crippen LogP contribution in [-0.2, 0) is 0 Å². The number of nitrogens with zero attached hydrogens (tertiary/aromatic N) is 2. The Morgan fingerprint density at radius 3 is 2.90 bits per heavy atom. The lowest BCUT2D eigenvalue weighted by molar-refractivity contribution is 0.187. The van der Waals surface area contributed by atoms with Crippen LogP contribution in [0, 0.1) is 0 Å². The van der Waals surface area contributed by atoms with Crippen LogP contribution >= 0.6 is 0 Å². The van der Waals surface area contributed by atoms with Gasteiger partial charge < -0.3 is 20.1 Å². The molecule has 2 N–H and O–H groups in total. The first-order valence-electron chi connectivity index (χ1n) is 7.68. The highest BCUT2D eigenvalue weighted by Gasteiger charge is 2.22. The third-order valence-corrected chi connectivity index (χ3v) is 3.37. The van der Waals surface area contributed by atoms with Crippen molar-refractivity contribution in [3.8, 4) is 5.75 Å². The summed E-state index contributed by atoms with van der Waals surface area (Å²) in [5, 5.41) is 12.9. The van der Waals surface area contributed by atoms with Gasteiger partial charge in [0.2, 0.25) is 0 Å². The molecule has 21 heavy (non-hydrogen) atoms. The zero-order chi connectivity index (χ0) is 14.9. The predicted molar refractivity (Wildman–Crippen MR) is 84.7 cm³/mol. The minimum absolute atomic E-state index is 0.227. The molecule has 0 aromatic heterocycles. The van der Waals surface area contributed by atoms with E-state index in [0.29, 0.717) is 13.2 Å². The van der Waals surface area contributed by atoms with Crippen molar-refractivity contribution in [2.45, 2.75) is 25.9 Å². The van der Waals surface area contributed by atoms with Crippen molar-refractivity contribution in [2.24, 2.45) is 4.99 Å². The maximum atomic E-state index is 9.61. The van der Waals surface area contributed by atoms with Gasteiger partial charge in [-0.2, -0.15) is 0 Å². The number of aliphatic hydroxyl groups excluding tert-OH is 1. The number of aliphatic imine (C=N–C) groups is 1. The van der Waals surface area contributed by atoms with E-state index in [-0.39, 0.29) is 6.10 Å². The Hall–Kier alpha value is -1.75. The van der Waals surface area contributed by atoms with Gasteiger partial charge >= 0.3 is 0 Å². The zero-order valence-corrected chi connectivity index (χ0v) is 12.7. The quantitative estimate of drug-likeness (QED) is 0.474. The summed E-state index contributed by atoms with van der Waals surface area (Å²) in [6.07, 6.45) is 1.47. The summed E-state index contributed by atoms with van der Waals surface area (Å²) < 4.78 is 5.65. The standard InChI is InChI=1S/C16H25N3O2/c1-2-17-16(19-11-9-14(20)13-19)18-10-6-12-21-15-7-4-3-5-8-15/h3-5,7-8,14,20H,2,6,9-13H2,1H3,(H,17,18)/t14-/m1/s1. The number of likely N-dealkylation sites (tertiary alicyclic amines) is 1. The van der Waals surface area contributed by atoms with E-state index >= 15 is 0 Å². The predicted octanol–water partition coefficient (Wildman–Crippen LogP) is 1.49. The monoisotopic (exact) mass is 291 g/mol. The first-order chi connectivity index (χ1) is 10.3. The normalized spacial score (nSPS) is 18.9. The highest BCUT2D eigenvalue weighted by Crippen LogP contribution is 2.10. The molecule has 0 saturated carbocycles. The summed E-state index contributed by atoms with van der Waals surface area (Å²) in [5.41, 5.74) is 0. The smallest absolute Gasteiger partial charge is 0.194 e. The molecule has 0 bridgehead atoms. The molecule has 1 saturated heterocycles. The molecule has 1 fully saturated rings. The Bertz CT molecular complexity index is 436. The van der Waals surface area contributed by atoms with Crippen molar-refractivity contribution in [1.82, 2.24) is 10.2 Å². The fraction of sp³-hybridized carbons (Fsp3) is 0.562. The van der Waals surface area contributed by atoms with Crippen LogP contribution in [0.1, 0.15) is 19.8 Å². The zero-order valence-electron chi connectivity index (χ0n) is 12.7. The Morgan fingerprint density at radius 2 is 2.24 bits per heavy atom. The number of hydrogen-bond acceptors (Lipinski definition) is 3. The number of aliphatic hydroxyl groups is 1. The number of rotatable bonds is 6. The minimum Gasteiger partial charge on any atom is -0.494 e. The van der Waals surface area contributed by atoms with E-state index in [2.05, 4.69) is 22.1 Å². The van der Waals surface area contributed by atoms with E-state index in [4.69, 9.17) is 4.74 Å². The molecule has 5 nitrogen and oxygen atoms in total. The molecule has 0 aliphatic carbocycles. The Morgan fingerprint density at radius 1 is 1.43 bits per heavy atom. The van der Waals surface area contributed by atoms with Crippen molar-refractivity contribution in [3.63, 3.8) is 0 Å². The van der Waals surface area contributed by atoms with Crippen LogP contribution in [0.2, 0.25) is 0 Å². The Kier molecular flexibility index (Phi) is 6.34. The molecule has 0 unspecified atom stereocenters. The van der Waals surface area contributed by atoms with E-state index in [0.717, 1.165) is 44.2 Å². The molecule has 0 amide bonds. The number of guanidine groups is 1. The Labute approximate surface area is 126 Å². The van der Waals surface area contributed by atoms with Crippen molar-refractivity contribution >= 4 is 5.96 Å². The van der Waals surface area contributed by atoms with Gasteiger partial charge in [-0.05, 0) is 25.5 Å². The molecule has 0 spiro atoms. The molecule has 1 aliphatic heterocycles. The van der Waals surface area contributed by atoms with Crippen LogP contribution in [0.5, 0.6) is 5.75 Å². The van der Waals surface area contributed by atoms with Gasteiger partial charge in [0.15, 0.2) is 5.96 Å². The third kappa shape index (κ3) is 5.27. The highest BCUT2D eigenvalue weighted by atomic mass is 16.5. The second-order valence-electron chi connectivity index (χ2n) is 5.14. The van der Waals surface area contributed by atoms with Gasteiger partial charge in [0.25, 0.3) is 0 Å². The number of β-amino-alcohol motifs (C(OH)–C–C–N with tert-alkyl or cyclic N) is 1. The van der Waals surface area contributed by atoms with Crippen molar-refractivity contribution in [1.29, 1.82) is 0 Å². The molecule has 1 heterocycles. The summed E-state index contributed by atoms with van der Waals surface area (Å²) in [6, 6.07) is 9.83. The number of benzene rings is 1. The molecule has 116 valence electrons. The summed E-state index contributed by atoms with van der Waals surface area (Å²) in [6.45, 7) is 5.82. The average Bonchev–Trinajstić information content (AvgIpc) is 2.93. The molecule has 1 aromatic rings. The SMILES string of the molecule is CCNC(=NCCCOc1ccccc1)N1CC[C@@H](O)C1. The van der Waals surface area contributed by atoms with E-state index in [9.17, 15) is 5.11 Å². The van der Waals surface area contributed by atoms with E-state index in [1.807, 2.05) is 30.3 Å². The maximum Gasteiger partial charge on any atom is 0.194 e. The molecule has 1 aliphatic rings. The van der Waals surface area contributed by atoms with Crippen molar-refractivity contribution in [3.05, 3.63) is 30.3 Å². The molecular weight excluding hydrogens is 266 g/mol. The number of nitrogens with one attached hydrogen (secondary N) is 1. The van der Waals surface area contributed by atoms with E-state index in [1.165, 1.54) is 0 Å². The second-order valence-corrected chi connectivity index (χ2v) is 5.14. The van der Waals surface area contributed by atoms with Crippen LogP contribution in [0.3, 0.4) is 0 Å². The van der Waals surface area contributed by atoms with Crippen LogP contribution in [-0.4, -0.2) is 54.9 Å². The number of para-hydroxylation sites is 1. The average molecular weight is 291 g/mol. The maximum absolute atomic E-state index is 9.61. The molecular formula is C16H25N3O2. The lowest BCUT2D eigenvalue weighted by Crippen LogP contribution is -2.40. The fourth-order valence-corrected chi connectivity index (χ4v) is 2.32. The van der Waals surface area contributed by atoms with Gasteiger partial charge in [0.05, 0.1) is 12.7 Å². The largest absolute Gasteiger partial charge is 0.494 e. The summed E-state index contributed by atoms with van der Waals surface area (Å²) in [5.74, 6) is 1.80. The molecule has 1 atom stereocenters. The van der Waals surface area contributed by atoms with Crippen LogP contribution in [0.25, 0.3) is 0 Å². The summed E-state index contributed by atoms with van der Waals surface area (Å²) in [7, 11) is 0. The van der Waals surface area contributed by atoms with Crippen LogP contribution in [0.4, 0.5) is 0 Å².